The number of nitrogens with one attached hydrogen (secondary N) is 3. The van der Waals surface area contributed by atoms with E-state index in [1.165, 1.54) is 9.80 Å². The van der Waals surface area contributed by atoms with Gasteiger partial charge < -0.3 is 29.7 Å². The fourth-order valence-electron chi connectivity index (χ4n) is 7.49. The molecule has 0 aromatic heterocycles. The minimum atomic E-state index is -3.91. The van der Waals surface area contributed by atoms with Gasteiger partial charge in [-0.05, 0) is 61.8 Å². The van der Waals surface area contributed by atoms with Crippen molar-refractivity contribution in [1.82, 2.24) is 25.2 Å². The highest BCUT2D eigenvalue weighted by Crippen LogP contribution is 2.46. The second-order valence-electron chi connectivity index (χ2n) is 14.6. The van der Waals surface area contributed by atoms with Crippen molar-refractivity contribution >= 4 is 51.5 Å². The summed E-state index contributed by atoms with van der Waals surface area (Å²) in [6.45, 7) is 1.17. The first-order chi connectivity index (χ1) is 24.9. The molecule has 5 amide bonds. The summed E-state index contributed by atoms with van der Waals surface area (Å²) in [6.07, 6.45) is 5.62. The molecule has 4 heterocycles. The van der Waals surface area contributed by atoms with Crippen molar-refractivity contribution in [2.75, 3.05) is 19.8 Å². The largest absolute Gasteiger partial charge is 0.444 e. The molecule has 6 atom stereocenters. The van der Waals surface area contributed by atoms with Gasteiger partial charge in [-0.15, -0.1) is 0 Å². The predicted molar refractivity (Wildman–Crippen MR) is 185 cm³/mol. The van der Waals surface area contributed by atoms with Gasteiger partial charge in [0.05, 0.1) is 25.0 Å². The average molecular weight is 762 g/mol. The zero-order chi connectivity index (χ0) is 36.6. The first-order valence-electron chi connectivity index (χ1n) is 18.0. The lowest BCUT2D eigenvalue weighted by Gasteiger charge is -2.30. The van der Waals surface area contributed by atoms with Crippen LogP contribution in [-0.4, -0.2) is 103 Å². The number of hydrogen-bond acceptors (Lipinski definition) is 10. The molecule has 2 aliphatic carbocycles. The fraction of sp³-hybridized carbons (Fsp3) is 0.629. The van der Waals surface area contributed by atoms with Gasteiger partial charge in [0.15, 0.2) is 0 Å². The van der Waals surface area contributed by atoms with E-state index in [1.54, 1.807) is 12.1 Å². The van der Waals surface area contributed by atoms with E-state index in [1.807, 2.05) is 18.2 Å². The zero-order valence-electron chi connectivity index (χ0n) is 28.7. The molecule has 3 N–H and O–H groups in total. The van der Waals surface area contributed by atoms with Gasteiger partial charge in [0.25, 0.3) is 5.91 Å². The highest BCUT2D eigenvalue weighted by atomic mass is 35.5. The van der Waals surface area contributed by atoms with E-state index in [0.717, 1.165) is 24.0 Å². The molecule has 1 aromatic carbocycles. The second kappa shape index (κ2) is 14.9. The molecule has 2 saturated heterocycles. The standard InChI is InChI=1S/C35H44ClN5O10S/c36-24-9-8-21-17-40(18-22(21)14-24)34(46)51-26-15-29-30(42)38-35(32(44)39-52(47,48)27-10-11-27)16-23(35)6-4-2-1-3-5-7-28(31(43)41(29)19-26)37-33(45)50-25-12-13-49-20-25/h4,6,8-9,14,23,25-29H,1-3,5,7,10-13,15-20H2,(H,37,45)(H,38,42)(H,39,44)/b6-4-/t23-,25+,26-,28+,29+,35-/m1/s1. The van der Waals surface area contributed by atoms with Crippen molar-refractivity contribution in [3.63, 3.8) is 0 Å². The highest BCUT2D eigenvalue weighted by molar-refractivity contribution is 7.91. The van der Waals surface area contributed by atoms with E-state index in [9.17, 15) is 32.4 Å². The van der Waals surface area contributed by atoms with Crippen molar-refractivity contribution in [3.8, 4) is 0 Å². The topological polar surface area (TPSA) is 190 Å². The van der Waals surface area contributed by atoms with Gasteiger partial charge in [0, 0.05) is 36.9 Å². The van der Waals surface area contributed by atoms with Gasteiger partial charge in [0.2, 0.25) is 21.8 Å². The van der Waals surface area contributed by atoms with Crippen LogP contribution >= 0.6 is 11.6 Å². The van der Waals surface area contributed by atoms with Crippen LogP contribution in [0, 0.1) is 5.92 Å². The van der Waals surface area contributed by atoms with Crippen LogP contribution in [0.5, 0.6) is 0 Å². The van der Waals surface area contributed by atoms with Crippen molar-refractivity contribution in [3.05, 3.63) is 46.5 Å². The maximum Gasteiger partial charge on any atom is 0.410 e. The summed E-state index contributed by atoms with van der Waals surface area (Å²) in [6, 6.07) is 3.15. The van der Waals surface area contributed by atoms with E-state index in [4.69, 9.17) is 25.8 Å². The van der Waals surface area contributed by atoms with E-state index in [2.05, 4.69) is 15.4 Å². The molecular formula is C35H44ClN5O10S. The molecule has 1 aromatic rings. The molecule has 0 bridgehead atoms. The number of nitrogens with zero attached hydrogens (tertiary/aromatic N) is 2. The molecular weight excluding hydrogens is 718 g/mol. The number of benzene rings is 1. The van der Waals surface area contributed by atoms with E-state index in [-0.39, 0.29) is 39.0 Å². The first kappa shape index (κ1) is 36.5. The van der Waals surface area contributed by atoms with Gasteiger partial charge in [-0.1, -0.05) is 42.7 Å². The van der Waals surface area contributed by atoms with E-state index < -0.39 is 80.9 Å². The Balaban J connectivity index is 1.12. The number of ether oxygens (including phenoxy) is 3. The van der Waals surface area contributed by atoms with Gasteiger partial charge in [-0.25, -0.2) is 18.0 Å². The molecule has 2 saturated carbocycles. The van der Waals surface area contributed by atoms with Crippen LogP contribution < -0.4 is 15.4 Å². The molecule has 0 radical (unpaired) electrons. The Hall–Kier alpha value is -3.89. The lowest BCUT2D eigenvalue weighted by atomic mass is 10.0. The smallest absolute Gasteiger partial charge is 0.410 e. The number of rotatable bonds is 6. The molecule has 4 aliphatic heterocycles. The van der Waals surface area contributed by atoms with Gasteiger partial charge in [-0.3, -0.25) is 24.0 Å². The molecule has 6 aliphatic rings. The van der Waals surface area contributed by atoms with Crippen molar-refractivity contribution < 1.29 is 46.6 Å². The van der Waals surface area contributed by atoms with Gasteiger partial charge >= 0.3 is 12.2 Å². The van der Waals surface area contributed by atoms with Crippen LogP contribution in [0.1, 0.15) is 75.3 Å². The third-order valence-electron chi connectivity index (χ3n) is 10.7. The lowest BCUT2D eigenvalue weighted by molar-refractivity contribution is -0.141. The number of hydrogen-bond donors (Lipinski definition) is 3. The van der Waals surface area contributed by atoms with Gasteiger partial charge in [-0.2, -0.15) is 0 Å². The van der Waals surface area contributed by atoms with Crippen LogP contribution in [0.4, 0.5) is 9.59 Å². The molecule has 7 rings (SSSR count). The van der Waals surface area contributed by atoms with Crippen LogP contribution in [0.3, 0.4) is 0 Å². The van der Waals surface area contributed by atoms with E-state index in [0.29, 0.717) is 50.3 Å². The summed E-state index contributed by atoms with van der Waals surface area (Å²) in [7, 11) is -3.91. The maximum atomic E-state index is 14.3. The van der Waals surface area contributed by atoms with Crippen molar-refractivity contribution in [2.24, 2.45) is 5.92 Å². The van der Waals surface area contributed by atoms with Crippen LogP contribution in [0.15, 0.2) is 30.4 Å². The Labute approximate surface area is 307 Å². The summed E-state index contributed by atoms with van der Waals surface area (Å²) < 4.78 is 44.4. The van der Waals surface area contributed by atoms with Crippen molar-refractivity contribution in [2.45, 2.75) is 112 Å². The third-order valence-corrected chi connectivity index (χ3v) is 12.8. The average Bonchev–Trinajstić information content (AvgIpc) is 3.89. The summed E-state index contributed by atoms with van der Waals surface area (Å²) in [5.74, 6) is -2.53. The number of alkyl carbamates (subject to hydrolysis) is 1. The molecule has 15 nitrogen and oxygen atoms in total. The van der Waals surface area contributed by atoms with Gasteiger partial charge in [0.1, 0.15) is 29.8 Å². The SMILES string of the molecule is O=C(N[C@H]1CCCCC/C=C\[C@@H]2C[C@@]2(C(=O)NS(=O)(=O)C2CC2)NC(=O)[C@@H]2C[C@@H](OC(=O)N3Cc4ccc(Cl)cc4C3)CN2C1=O)O[C@H]1CCOC1. The summed E-state index contributed by atoms with van der Waals surface area (Å²) in [5, 5.41) is 5.42. The summed E-state index contributed by atoms with van der Waals surface area (Å²) in [5.41, 5.74) is 0.288. The zero-order valence-corrected chi connectivity index (χ0v) is 30.3. The molecule has 0 unspecified atom stereocenters. The summed E-state index contributed by atoms with van der Waals surface area (Å²) in [4.78, 5) is 71.3. The lowest BCUT2D eigenvalue weighted by Crippen LogP contribution is -2.58. The number of fused-ring (bicyclic) bond motifs is 3. The molecule has 52 heavy (non-hydrogen) atoms. The Kier molecular flexibility index (Phi) is 10.4. The number of halogens is 1. The Morgan fingerprint density at radius 2 is 1.81 bits per heavy atom. The quantitative estimate of drug-likeness (QED) is 0.364. The Morgan fingerprint density at radius 1 is 1.00 bits per heavy atom. The summed E-state index contributed by atoms with van der Waals surface area (Å²) >= 11 is 6.15. The second-order valence-corrected chi connectivity index (χ2v) is 17.0. The van der Waals surface area contributed by atoms with Crippen LogP contribution in [0.25, 0.3) is 0 Å². The molecule has 0 spiro atoms. The van der Waals surface area contributed by atoms with Crippen molar-refractivity contribution in [1.29, 1.82) is 0 Å². The van der Waals surface area contributed by atoms with Crippen LogP contribution in [-0.2, 0) is 51.7 Å². The number of carbonyl (C=O) groups excluding carboxylic acids is 5. The first-order valence-corrected chi connectivity index (χ1v) is 20.0. The molecule has 17 heteroatoms. The highest BCUT2D eigenvalue weighted by Gasteiger charge is 2.62. The Morgan fingerprint density at radius 3 is 2.58 bits per heavy atom. The minimum Gasteiger partial charge on any atom is -0.444 e. The Bertz CT molecular complexity index is 1750. The third kappa shape index (κ3) is 8.03. The fourth-order valence-corrected chi connectivity index (χ4v) is 9.05. The molecule has 282 valence electrons. The molecule has 4 fully saturated rings. The number of amides is 5. The predicted octanol–water partition coefficient (Wildman–Crippen LogP) is 2.65. The number of allylic oxidation sites excluding steroid dienone is 1. The number of sulfonamides is 1. The number of carbonyl (C=O) groups is 5. The monoisotopic (exact) mass is 761 g/mol. The normalized spacial score (nSPS) is 31.2. The maximum absolute atomic E-state index is 14.3. The minimum absolute atomic E-state index is 0.0783. The van der Waals surface area contributed by atoms with E-state index >= 15 is 0 Å². The van der Waals surface area contributed by atoms with Crippen LogP contribution in [0.2, 0.25) is 5.02 Å².